The number of rotatable bonds is 3. The molecule has 0 saturated heterocycles. The van der Waals surface area contributed by atoms with Crippen LogP contribution in [0.25, 0.3) is 76.6 Å². The molecule has 0 bridgehead atoms. The lowest BCUT2D eigenvalue weighted by Crippen LogP contribution is -2.26. The molecule has 3 aromatic heterocycles. The van der Waals surface area contributed by atoms with Gasteiger partial charge < -0.3 is 9.32 Å². The highest BCUT2D eigenvalue weighted by molar-refractivity contribution is 7.20. The van der Waals surface area contributed by atoms with E-state index in [1.54, 1.807) is 0 Å². The zero-order valence-electron chi connectivity index (χ0n) is 30.2. The fourth-order valence-electron chi connectivity index (χ4n) is 9.57. The van der Waals surface area contributed by atoms with Crippen LogP contribution < -0.4 is 4.90 Å². The van der Waals surface area contributed by atoms with Gasteiger partial charge in [0.15, 0.2) is 5.82 Å². The topological polar surface area (TPSA) is 42.2 Å². The molecule has 2 aliphatic rings. The van der Waals surface area contributed by atoms with Crippen LogP contribution in [0.4, 0.5) is 11.5 Å². The number of para-hydroxylation sites is 2. The van der Waals surface area contributed by atoms with Crippen molar-refractivity contribution in [3.8, 4) is 33.5 Å². The number of thiophene rings is 1. The Kier molecular flexibility index (Phi) is 6.44. The van der Waals surface area contributed by atoms with E-state index >= 15 is 0 Å². The molecule has 2 atom stereocenters. The summed E-state index contributed by atoms with van der Waals surface area (Å²) in [7, 11) is 0. The SMILES string of the molecule is Cc1ccccc1-c1cccc(-c2nc3c(nc2N2c4ccccc4C4c5ccccc5-c5c(sc6ccc7ccccc7c56)C42)oc2ccccc23)c1C. The molecule has 2 unspecified atom stereocenters. The summed E-state index contributed by atoms with van der Waals surface area (Å²) in [5, 5.41) is 4.85. The van der Waals surface area contributed by atoms with E-state index in [1.165, 1.54) is 70.2 Å². The summed E-state index contributed by atoms with van der Waals surface area (Å²) in [6.07, 6.45) is 0. The van der Waals surface area contributed by atoms with E-state index in [2.05, 4.69) is 152 Å². The molecule has 55 heavy (non-hydrogen) atoms. The van der Waals surface area contributed by atoms with Gasteiger partial charge >= 0.3 is 0 Å². The van der Waals surface area contributed by atoms with Gasteiger partial charge in [-0.15, -0.1) is 11.3 Å². The number of nitrogens with zero attached hydrogens (tertiary/aromatic N) is 3. The third-order valence-electron chi connectivity index (χ3n) is 12.0. The third kappa shape index (κ3) is 4.27. The van der Waals surface area contributed by atoms with Gasteiger partial charge in [0, 0.05) is 43.1 Å². The van der Waals surface area contributed by atoms with E-state index in [0.29, 0.717) is 5.71 Å². The Morgan fingerprint density at radius 3 is 2.20 bits per heavy atom. The Labute approximate surface area is 322 Å². The van der Waals surface area contributed by atoms with E-state index in [0.717, 1.165) is 39.2 Å². The number of aromatic nitrogens is 2. The predicted octanol–water partition coefficient (Wildman–Crippen LogP) is 13.7. The van der Waals surface area contributed by atoms with Crippen molar-refractivity contribution in [1.82, 2.24) is 9.97 Å². The van der Waals surface area contributed by atoms with Crippen molar-refractivity contribution in [3.05, 3.63) is 179 Å². The van der Waals surface area contributed by atoms with Gasteiger partial charge in [-0.1, -0.05) is 127 Å². The number of hydrogen-bond donors (Lipinski definition) is 0. The quantitative estimate of drug-likeness (QED) is 0.182. The normalized spacial score (nSPS) is 15.8. The van der Waals surface area contributed by atoms with Gasteiger partial charge in [0.05, 0.1) is 6.04 Å². The van der Waals surface area contributed by atoms with Gasteiger partial charge in [-0.25, -0.2) is 4.98 Å². The van der Waals surface area contributed by atoms with Crippen LogP contribution >= 0.6 is 11.3 Å². The summed E-state index contributed by atoms with van der Waals surface area (Å²) < 4.78 is 7.83. The van der Waals surface area contributed by atoms with Gasteiger partial charge in [0.2, 0.25) is 5.71 Å². The molecular weight excluding hydrogens is 691 g/mol. The minimum absolute atomic E-state index is 0.0480. The molecule has 12 rings (SSSR count). The molecule has 4 nitrogen and oxygen atoms in total. The highest BCUT2D eigenvalue weighted by Crippen LogP contribution is 2.64. The van der Waals surface area contributed by atoms with Crippen molar-refractivity contribution in [3.63, 3.8) is 0 Å². The van der Waals surface area contributed by atoms with Crippen LogP contribution in [0.3, 0.4) is 0 Å². The average molecular weight is 724 g/mol. The van der Waals surface area contributed by atoms with Gasteiger partial charge in [0.1, 0.15) is 16.8 Å². The summed E-state index contributed by atoms with van der Waals surface area (Å²) >= 11 is 1.92. The first kappa shape index (κ1) is 30.9. The van der Waals surface area contributed by atoms with Crippen molar-refractivity contribution in [2.24, 2.45) is 0 Å². The molecule has 260 valence electrons. The lowest BCUT2D eigenvalue weighted by Gasteiger charge is -2.35. The molecule has 0 saturated carbocycles. The lowest BCUT2D eigenvalue weighted by molar-refractivity contribution is 0.640. The van der Waals surface area contributed by atoms with Gasteiger partial charge in [-0.05, 0) is 87.8 Å². The average Bonchev–Trinajstić information content (AvgIpc) is 3.91. The molecule has 0 spiro atoms. The van der Waals surface area contributed by atoms with E-state index < -0.39 is 0 Å². The van der Waals surface area contributed by atoms with Crippen LogP contribution in [0.1, 0.15) is 39.1 Å². The molecule has 0 amide bonds. The molecule has 0 N–H and O–H groups in total. The van der Waals surface area contributed by atoms with Crippen LogP contribution in [0.5, 0.6) is 0 Å². The number of fused-ring (bicyclic) bond motifs is 15. The molecule has 1 aliphatic heterocycles. The molecule has 7 aromatic carbocycles. The first-order valence-corrected chi connectivity index (χ1v) is 19.7. The third-order valence-corrected chi connectivity index (χ3v) is 13.2. The minimum atomic E-state index is -0.0480. The number of anilines is 2. The van der Waals surface area contributed by atoms with Gasteiger partial charge in [-0.3, -0.25) is 0 Å². The maximum atomic E-state index is 6.53. The van der Waals surface area contributed by atoms with Gasteiger partial charge in [0.25, 0.3) is 0 Å². The second-order valence-electron chi connectivity index (χ2n) is 14.9. The smallest absolute Gasteiger partial charge is 0.248 e. The fourth-order valence-corrected chi connectivity index (χ4v) is 10.9. The van der Waals surface area contributed by atoms with Crippen LogP contribution in [0.2, 0.25) is 0 Å². The van der Waals surface area contributed by atoms with Crippen LogP contribution in [0, 0.1) is 13.8 Å². The molecule has 0 radical (unpaired) electrons. The first-order chi connectivity index (χ1) is 27.1. The Bertz CT molecular complexity index is 3230. The first-order valence-electron chi connectivity index (χ1n) is 18.9. The maximum Gasteiger partial charge on any atom is 0.248 e. The summed E-state index contributed by atoms with van der Waals surface area (Å²) in [6.45, 7) is 4.41. The summed E-state index contributed by atoms with van der Waals surface area (Å²) in [6, 6.07) is 54.7. The molecule has 10 aromatic rings. The Morgan fingerprint density at radius 1 is 0.600 bits per heavy atom. The van der Waals surface area contributed by atoms with E-state index in [-0.39, 0.29) is 12.0 Å². The standard InChI is InChI=1S/C50H33N3OS/c1-28-14-3-5-16-31(28)32-22-13-23-33(29(32)2)45-49(52-50-46(51-45)38-21-10-12-25-40(38)54-50)53-39-24-11-9-20-37(39)42-35-18-7-8-19-36(35)44-43-34-17-6-4-15-30(34)26-27-41(43)55-48(44)47(42)53/h3-27,42,47H,1-2H3. The lowest BCUT2D eigenvalue weighted by atomic mass is 9.76. The van der Waals surface area contributed by atoms with Crippen molar-refractivity contribution in [2.45, 2.75) is 25.8 Å². The molecule has 1 aliphatic carbocycles. The van der Waals surface area contributed by atoms with Crippen molar-refractivity contribution in [2.75, 3.05) is 4.90 Å². The Morgan fingerprint density at radius 2 is 1.31 bits per heavy atom. The highest BCUT2D eigenvalue weighted by Gasteiger charge is 2.48. The molecule has 4 heterocycles. The number of aryl methyl sites for hydroxylation is 1. The largest absolute Gasteiger partial charge is 0.436 e. The molecule has 5 heteroatoms. The van der Waals surface area contributed by atoms with Crippen molar-refractivity contribution < 1.29 is 4.42 Å². The van der Waals surface area contributed by atoms with Crippen LogP contribution in [0.15, 0.2) is 156 Å². The highest BCUT2D eigenvalue weighted by atomic mass is 32.1. The monoisotopic (exact) mass is 723 g/mol. The van der Waals surface area contributed by atoms with E-state index in [9.17, 15) is 0 Å². The van der Waals surface area contributed by atoms with Gasteiger partial charge in [-0.2, -0.15) is 4.98 Å². The number of benzene rings is 7. The fraction of sp³-hybridized carbons (Fsp3) is 0.0800. The minimum Gasteiger partial charge on any atom is -0.436 e. The number of furan rings is 1. The van der Waals surface area contributed by atoms with Crippen molar-refractivity contribution >= 4 is 65.9 Å². The second-order valence-corrected chi connectivity index (χ2v) is 16.0. The predicted molar refractivity (Wildman–Crippen MR) is 228 cm³/mol. The van der Waals surface area contributed by atoms with Crippen LogP contribution in [-0.4, -0.2) is 9.97 Å². The van der Waals surface area contributed by atoms with E-state index in [4.69, 9.17) is 14.4 Å². The Balaban J connectivity index is 1.19. The number of hydrogen-bond acceptors (Lipinski definition) is 5. The summed E-state index contributed by atoms with van der Waals surface area (Å²) in [4.78, 5) is 15.0. The zero-order valence-corrected chi connectivity index (χ0v) is 31.1. The summed E-state index contributed by atoms with van der Waals surface area (Å²) in [5.41, 5.74) is 15.3. The van der Waals surface area contributed by atoms with Crippen molar-refractivity contribution in [1.29, 1.82) is 0 Å². The molecular formula is C50H33N3OS. The van der Waals surface area contributed by atoms with Crippen LogP contribution in [-0.2, 0) is 0 Å². The summed E-state index contributed by atoms with van der Waals surface area (Å²) in [5.74, 6) is 0.906. The second kappa shape index (κ2) is 11.5. The molecule has 0 fully saturated rings. The zero-order chi connectivity index (χ0) is 36.4. The maximum absolute atomic E-state index is 6.53. The Hall–Kier alpha value is -6.56. The van der Waals surface area contributed by atoms with E-state index in [1.807, 2.05) is 29.5 Å².